The lowest BCUT2D eigenvalue weighted by atomic mass is 9.99. The first kappa shape index (κ1) is 12.2. The van der Waals surface area contributed by atoms with Gasteiger partial charge in [-0.05, 0) is 39.7 Å². The maximum absolute atomic E-state index is 9.96. The highest BCUT2D eigenvalue weighted by atomic mass is 79.9. The summed E-state index contributed by atoms with van der Waals surface area (Å²) in [5, 5.41) is 11.9. The molecule has 0 fully saturated rings. The Morgan fingerprint density at radius 2 is 2.21 bits per heavy atom. The van der Waals surface area contributed by atoms with Crippen molar-refractivity contribution in [2.24, 2.45) is 11.7 Å². The Hall–Kier alpha value is 0.100. The van der Waals surface area contributed by atoms with Crippen LogP contribution in [-0.2, 0) is 0 Å². The highest BCUT2D eigenvalue weighted by Crippen LogP contribution is 2.31. The molecule has 1 heterocycles. The third-order valence-electron chi connectivity index (χ3n) is 2.06. The first-order chi connectivity index (χ1) is 6.52. The van der Waals surface area contributed by atoms with Crippen molar-refractivity contribution in [3.63, 3.8) is 0 Å². The third kappa shape index (κ3) is 3.05. The minimum atomic E-state index is -0.549. The van der Waals surface area contributed by atoms with Crippen molar-refractivity contribution in [3.8, 4) is 0 Å². The van der Waals surface area contributed by atoms with Crippen LogP contribution in [0.5, 0.6) is 0 Å². The van der Waals surface area contributed by atoms with Gasteiger partial charge >= 0.3 is 0 Å². The second-order valence-electron chi connectivity index (χ2n) is 3.87. The number of nitrogens with two attached hydrogens (primary N) is 1. The van der Waals surface area contributed by atoms with Crippen LogP contribution in [0.4, 0.5) is 0 Å². The van der Waals surface area contributed by atoms with E-state index in [2.05, 4.69) is 29.8 Å². The summed E-state index contributed by atoms with van der Waals surface area (Å²) in [6.45, 7) is 4.21. The normalized spacial score (nSPS) is 15.9. The maximum atomic E-state index is 9.96. The summed E-state index contributed by atoms with van der Waals surface area (Å²) in [5.41, 5.74) is 5.91. The topological polar surface area (TPSA) is 46.2 Å². The Labute approximate surface area is 97.3 Å². The van der Waals surface area contributed by atoms with E-state index in [0.29, 0.717) is 5.92 Å². The Balaban J connectivity index is 2.65. The lowest BCUT2D eigenvalue weighted by Crippen LogP contribution is -2.29. The molecule has 14 heavy (non-hydrogen) atoms. The Morgan fingerprint density at radius 1 is 1.57 bits per heavy atom. The summed E-state index contributed by atoms with van der Waals surface area (Å²) in [5.74, 6) is 0.512. The molecule has 0 aliphatic heterocycles. The van der Waals surface area contributed by atoms with Gasteiger partial charge in [0, 0.05) is 15.4 Å². The number of hydrogen-bond donors (Lipinski definition) is 2. The third-order valence-corrected chi connectivity index (χ3v) is 4.00. The van der Waals surface area contributed by atoms with E-state index in [-0.39, 0.29) is 6.04 Å². The molecule has 0 aromatic carbocycles. The molecular weight excluding hydrogens is 262 g/mol. The number of hydrogen-bond acceptors (Lipinski definition) is 3. The van der Waals surface area contributed by atoms with Gasteiger partial charge in [-0.2, -0.15) is 0 Å². The summed E-state index contributed by atoms with van der Waals surface area (Å²) in [4.78, 5) is 0.929. The zero-order chi connectivity index (χ0) is 10.7. The smallest absolute Gasteiger partial charge is 0.104 e. The zero-order valence-electron chi connectivity index (χ0n) is 8.40. The van der Waals surface area contributed by atoms with Crippen molar-refractivity contribution in [1.82, 2.24) is 0 Å². The molecule has 1 aromatic heterocycles. The van der Waals surface area contributed by atoms with E-state index in [0.717, 1.165) is 15.8 Å². The minimum absolute atomic E-state index is 0.176. The molecule has 2 atom stereocenters. The number of aliphatic hydroxyl groups is 1. The Morgan fingerprint density at radius 3 is 2.64 bits per heavy atom. The minimum Gasteiger partial charge on any atom is -0.386 e. The monoisotopic (exact) mass is 277 g/mol. The van der Waals surface area contributed by atoms with E-state index in [1.54, 1.807) is 0 Å². The van der Waals surface area contributed by atoms with E-state index in [9.17, 15) is 5.11 Å². The van der Waals surface area contributed by atoms with E-state index in [1.165, 1.54) is 11.3 Å². The second-order valence-corrected chi connectivity index (χ2v) is 5.67. The van der Waals surface area contributed by atoms with Crippen LogP contribution in [0, 0.1) is 5.92 Å². The van der Waals surface area contributed by atoms with Gasteiger partial charge in [0.25, 0.3) is 0 Å². The summed E-state index contributed by atoms with van der Waals surface area (Å²) in [7, 11) is 0. The molecule has 4 heteroatoms. The van der Waals surface area contributed by atoms with Gasteiger partial charge in [0.05, 0.1) is 0 Å². The summed E-state index contributed by atoms with van der Waals surface area (Å²) in [6.07, 6.45) is 0.290. The Bertz CT molecular complexity index is 287. The molecule has 2 nitrogen and oxygen atoms in total. The van der Waals surface area contributed by atoms with Gasteiger partial charge in [0.15, 0.2) is 0 Å². The average Bonchev–Trinajstić information content (AvgIpc) is 2.48. The maximum Gasteiger partial charge on any atom is 0.104 e. The van der Waals surface area contributed by atoms with Crippen LogP contribution in [0.1, 0.15) is 31.2 Å². The van der Waals surface area contributed by atoms with Crippen LogP contribution in [-0.4, -0.2) is 11.1 Å². The van der Waals surface area contributed by atoms with E-state index in [1.807, 2.05) is 11.4 Å². The van der Waals surface area contributed by atoms with Gasteiger partial charge in [-0.15, -0.1) is 11.3 Å². The molecule has 0 saturated carbocycles. The van der Waals surface area contributed by atoms with Gasteiger partial charge in [0.1, 0.15) is 6.10 Å². The zero-order valence-corrected chi connectivity index (χ0v) is 10.8. The molecule has 1 rings (SSSR count). The molecule has 2 unspecified atom stereocenters. The molecule has 3 N–H and O–H groups in total. The number of thiophene rings is 1. The van der Waals surface area contributed by atoms with Gasteiger partial charge in [0.2, 0.25) is 0 Å². The van der Waals surface area contributed by atoms with Gasteiger partial charge in [-0.3, -0.25) is 0 Å². The van der Waals surface area contributed by atoms with Crippen LogP contribution >= 0.6 is 27.3 Å². The Kier molecular flexibility index (Phi) is 4.57. The molecule has 0 saturated heterocycles. The quantitative estimate of drug-likeness (QED) is 0.889. The number of halogens is 1. The van der Waals surface area contributed by atoms with Crippen molar-refractivity contribution in [1.29, 1.82) is 0 Å². The lowest BCUT2D eigenvalue weighted by molar-refractivity contribution is 0.139. The van der Waals surface area contributed by atoms with Gasteiger partial charge in [-0.25, -0.2) is 0 Å². The largest absolute Gasteiger partial charge is 0.386 e. The van der Waals surface area contributed by atoms with E-state index >= 15 is 0 Å². The average molecular weight is 278 g/mol. The van der Waals surface area contributed by atoms with Crippen LogP contribution in [0.3, 0.4) is 0 Å². The van der Waals surface area contributed by atoms with Crippen LogP contribution < -0.4 is 5.73 Å². The van der Waals surface area contributed by atoms with Crippen LogP contribution in [0.2, 0.25) is 0 Å². The predicted octanol–water partition coefficient (Wildman–Crippen LogP) is 2.92. The second kappa shape index (κ2) is 5.26. The SMILES string of the molecule is CC(C)CC(N)C(O)c1sccc1Br. The van der Waals surface area contributed by atoms with Crippen molar-refractivity contribution in [3.05, 3.63) is 20.8 Å². The fourth-order valence-corrected chi connectivity index (χ4v) is 3.05. The molecule has 80 valence electrons. The highest BCUT2D eigenvalue weighted by molar-refractivity contribution is 9.10. The van der Waals surface area contributed by atoms with Crippen molar-refractivity contribution in [2.75, 3.05) is 0 Å². The molecule has 0 aliphatic rings. The standard InChI is InChI=1S/C10H16BrNOS/c1-6(2)5-8(12)9(13)10-7(11)3-4-14-10/h3-4,6,8-9,13H,5,12H2,1-2H3. The lowest BCUT2D eigenvalue weighted by Gasteiger charge is -2.19. The summed E-state index contributed by atoms with van der Waals surface area (Å²) < 4.78 is 0.953. The molecular formula is C10H16BrNOS. The van der Waals surface area contributed by atoms with Crippen LogP contribution in [0.25, 0.3) is 0 Å². The van der Waals surface area contributed by atoms with E-state index in [4.69, 9.17) is 5.73 Å². The van der Waals surface area contributed by atoms with Gasteiger partial charge < -0.3 is 10.8 Å². The van der Waals surface area contributed by atoms with Crippen LogP contribution in [0.15, 0.2) is 15.9 Å². The molecule has 0 bridgehead atoms. The van der Waals surface area contributed by atoms with Crippen molar-refractivity contribution >= 4 is 27.3 Å². The van der Waals surface area contributed by atoms with Crippen molar-refractivity contribution in [2.45, 2.75) is 32.4 Å². The number of rotatable bonds is 4. The predicted molar refractivity (Wildman–Crippen MR) is 64.4 cm³/mol. The van der Waals surface area contributed by atoms with E-state index < -0.39 is 6.10 Å². The fraction of sp³-hybridized carbons (Fsp3) is 0.600. The number of aliphatic hydroxyl groups excluding tert-OH is 1. The summed E-state index contributed by atoms with van der Waals surface area (Å²) >= 11 is 4.93. The van der Waals surface area contributed by atoms with Gasteiger partial charge in [-0.1, -0.05) is 13.8 Å². The molecule has 1 aromatic rings. The molecule has 0 spiro atoms. The molecule has 0 aliphatic carbocycles. The van der Waals surface area contributed by atoms with Crippen molar-refractivity contribution < 1.29 is 5.11 Å². The first-order valence-electron chi connectivity index (χ1n) is 4.69. The first-order valence-corrected chi connectivity index (χ1v) is 6.36. The molecule has 0 amide bonds. The highest BCUT2D eigenvalue weighted by Gasteiger charge is 2.20. The molecule has 0 radical (unpaired) electrons. The summed E-state index contributed by atoms with van der Waals surface area (Å²) in [6, 6.07) is 1.76. The fourth-order valence-electron chi connectivity index (χ4n) is 1.38.